The maximum atomic E-state index is 11.7. The minimum atomic E-state index is -0.915. The van der Waals surface area contributed by atoms with Crippen molar-refractivity contribution < 1.29 is 14.9 Å². The molecule has 1 fully saturated rings. The zero-order valence-electron chi connectivity index (χ0n) is 9.64. The molecule has 7 heteroatoms. The SMILES string of the molecule is C=C[C@@H]1[C@H](O)[C@@H](CO)O[C@H]1n1ccc(N)nc1=O. The second-order valence-corrected chi connectivity index (χ2v) is 4.09. The smallest absolute Gasteiger partial charge is 0.351 e. The minimum absolute atomic E-state index is 0.114. The number of hydrogen-bond donors (Lipinski definition) is 3. The molecule has 0 bridgehead atoms. The zero-order valence-corrected chi connectivity index (χ0v) is 9.64. The van der Waals surface area contributed by atoms with Crippen molar-refractivity contribution in [3.63, 3.8) is 0 Å². The van der Waals surface area contributed by atoms with Crippen LogP contribution in [-0.4, -0.2) is 38.6 Å². The number of nitrogen functional groups attached to an aromatic ring is 1. The first-order chi connectivity index (χ1) is 8.58. The van der Waals surface area contributed by atoms with Gasteiger partial charge in [-0.05, 0) is 6.07 Å². The number of hydrogen-bond acceptors (Lipinski definition) is 6. The van der Waals surface area contributed by atoms with Crippen molar-refractivity contribution >= 4 is 5.82 Å². The first-order valence-corrected chi connectivity index (χ1v) is 5.50. The van der Waals surface area contributed by atoms with Crippen LogP contribution in [0.15, 0.2) is 29.7 Å². The number of rotatable bonds is 3. The summed E-state index contributed by atoms with van der Waals surface area (Å²) in [7, 11) is 0. The molecule has 0 unspecified atom stereocenters. The van der Waals surface area contributed by atoms with Gasteiger partial charge in [-0.25, -0.2) is 4.79 Å². The van der Waals surface area contributed by atoms with E-state index in [4.69, 9.17) is 15.6 Å². The molecule has 4 N–H and O–H groups in total. The van der Waals surface area contributed by atoms with E-state index < -0.39 is 30.0 Å². The van der Waals surface area contributed by atoms with E-state index >= 15 is 0 Å². The number of nitrogens with two attached hydrogens (primary N) is 1. The molecule has 0 aromatic carbocycles. The summed E-state index contributed by atoms with van der Waals surface area (Å²) >= 11 is 0. The van der Waals surface area contributed by atoms with Gasteiger partial charge in [-0.1, -0.05) is 6.08 Å². The highest BCUT2D eigenvalue weighted by Gasteiger charge is 2.42. The van der Waals surface area contributed by atoms with Gasteiger partial charge in [0.25, 0.3) is 0 Å². The summed E-state index contributed by atoms with van der Waals surface area (Å²) in [5.74, 6) is -0.381. The van der Waals surface area contributed by atoms with Crippen molar-refractivity contribution in [3.8, 4) is 0 Å². The Labute approximate surface area is 103 Å². The lowest BCUT2D eigenvalue weighted by Gasteiger charge is -2.18. The molecule has 0 spiro atoms. The molecule has 0 radical (unpaired) electrons. The average Bonchev–Trinajstić information content (AvgIpc) is 2.65. The number of aliphatic hydroxyl groups is 2. The fourth-order valence-corrected chi connectivity index (χ4v) is 2.04. The quantitative estimate of drug-likeness (QED) is 0.588. The van der Waals surface area contributed by atoms with Crippen molar-refractivity contribution in [1.29, 1.82) is 0 Å². The highest BCUT2D eigenvalue weighted by molar-refractivity contribution is 5.23. The molecule has 2 heterocycles. The van der Waals surface area contributed by atoms with E-state index in [-0.39, 0.29) is 12.4 Å². The standard InChI is InChI=1S/C11H15N3O4/c1-2-6-9(16)7(5-15)18-10(6)14-4-3-8(12)13-11(14)17/h2-4,6-7,9-10,15-16H,1,5H2,(H2,12,13,17)/t6-,7-,9+,10-/m1/s1. The van der Waals surface area contributed by atoms with Crippen molar-refractivity contribution in [2.45, 2.75) is 18.4 Å². The Balaban J connectivity index is 2.38. The molecule has 4 atom stereocenters. The van der Waals surface area contributed by atoms with Gasteiger partial charge in [0.2, 0.25) is 0 Å². The first kappa shape index (κ1) is 12.7. The largest absolute Gasteiger partial charge is 0.394 e. The van der Waals surface area contributed by atoms with Gasteiger partial charge in [0.05, 0.1) is 18.6 Å². The summed E-state index contributed by atoms with van der Waals surface area (Å²) in [5, 5.41) is 19.0. The van der Waals surface area contributed by atoms with Crippen LogP contribution in [0.2, 0.25) is 0 Å². The van der Waals surface area contributed by atoms with Crippen LogP contribution >= 0.6 is 0 Å². The summed E-state index contributed by atoms with van der Waals surface area (Å²) in [6.07, 6.45) is 0.534. The molecule has 0 amide bonds. The van der Waals surface area contributed by atoms with Crippen LogP contribution in [0.1, 0.15) is 6.23 Å². The molecule has 1 aliphatic rings. The van der Waals surface area contributed by atoms with E-state index in [1.165, 1.54) is 22.9 Å². The molecule has 18 heavy (non-hydrogen) atoms. The van der Waals surface area contributed by atoms with Crippen LogP contribution in [0.5, 0.6) is 0 Å². The average molecular weight is 253 g/mol. The molecule has 1 aromatic heterocycles. The molecule has 1 saturated heterocycles. The number of ether oxygens (including phenoxy) is 1. The van der Waals surface area contributed by atoms with Crippen LogP contribution < -0.4 is 11.4 Å². The van der Waals surface area contributed by atoms with Crippen LogP contribution in [0.3, 0.4) is 0 Å². The Hall–Kier alpha value is -1.70. The normalized spacial score (nSPS) is 31.4. The monoisotopic (exact) mass is 253 g/mol. The number of aromatic nitrogens is 2. The van der Waals surface area contributed by atoms with Gasteiger partial charge in [0, 0.05) is 6.20 Å². The van der Waals surface area contributed by atoms with E-state index in [0.717, 1.165) is 0 Å². The van der Waals surface area contributed by atoms with Crippen molar-refractivity contribution in [3.05, 3.63) is 35.4 Å². The summed E-state index contributed by atoms with van der Waals surface area (Å²) in [5.41, 5.74) is 4.83. The second-order valence-electron chi connectivity index (χ2n) is 4.09. The number of aliphatic hydroxyl groups excluding tert-OH is 2. The van der Waals surface area contributed by atoms with Gasteiger partial charge in [-0.2, -0.15) is 4.98 Å². The molecule has 98 valence electrons. The highest BCUT2D eigenvalue weighted by Crippen LogP contribution is 2.34. The lowest BCUT2D eigenvalue weighted by atomic mass is 10.00. The van der Waals surface area contributed by atoms with Crippen LogP contribution in [0.25, 0.3) is 0 Å². The van der Waals surface area contributed by atoms with Gasteiger partial charge in [0.1, 0.15) is 18.1 Å². The van der Waals surface area contributed by atoms with Crippen molar-refractivity contribution in [2.24, 2.45) is 5.92 Å². The van der Waals surface area contributed by atoms with Gasteiger partial charge in [-0.15, -0.1) is 6.58 Å². The summed E-state index contributed by atoms with van der Waals surface area (Å²) in [6, 6.07) is 1.46. The molecular weight excluding hydrogens is 238 g/mol. The molecular formula is C11H15N3O4. The lowest BCUT2D eigenvalue weighted by molar-refractivity contribution is -0.0470. The third-order valence-corrected chi connectivity index (χ3v) is 3.00. The van der Waals surface area contributed by atoms with Gasteiger partial charge < -0.3 is 20.7 Å². The Morgan fingerprint density at radius 3 is 2.94 bits per heavy atom. The Bertz CT molecular complexity index is 501. The van der Waals surface area contributed by atoms with E-state index in [2.05, 4.69) is 11.6 Å². The Kier molecular flexibility index (Phi) is 3.46. The molecule has 0 aliphatic carbocycles. The van der Waals surface area contributed by atoms with Crippen LogP contribution in [-0.2, 0) is 4.74 Å². The predicted octanol–water partition coefficient (Wildman–Crippen LogP) is -1.12. The highest BCUT2D eigenvalue weighted by atomic mass is 16.5. The van der Waals surface area contributed by atoms with E-state index in [0.29, 0.717) is 0 Å². The molecule has 1 aromatic rings. The molecule has 7 nitrogen and oxygen atoms in total. The maximum absolute atomic E-state index is 11.7. The van der Waals surface area contributed by atoms with E-state index in [9.17, 15) is 9.90 Å². The second kappa shape index (κ2) is 4.89. The minimum Gasteiger partial charge on any atom is -0.394 e. The Morgan fingerprint density at radius 2 is 2.39 bits per heavy atom. The maximum Gasteiger partial charge on any atom is 0.351 e. The van der Waals surface area contributed by atoms with Crippen LogP contribution in [0.4, 0.5) is 5.82 Å². The van der Waals surface area contributed by atoms with Gasteiger partial charge in [-0.3, -0.25) is 4.57 Å². The number of nitrogens with zero attached hydrogens (tertiary/aromatic N) is 2. The Morgan fingerprint density at radius 1 is 1.67 bits per heavy atom. The van der Waals surface area contributed by atoms with Crippen molar-refractivity contribution in [2.75, 3.05) is 12.3 Å². The fourth-order valence-electron chi connectivity index (χ4n) is 2.04. The number of anilines is 1. The van der Waals surface area contributed by atoms with Crippen LogP contribution in [0, 0.1) is 5.92 Å². The third kappa shape index (κ3) is 2.03. The van der Waals surface area contributed by atoms with E-state index in [1.807, 2.05) is 0 Å². The predicted molar refractivity (Wildman–Crippen MR) is 63.6 cm³/mol. The first-order valence-electron chi connectivity index (χ1n) is 5.50. The lowest BCUT2D eigenvalue weighted by Crippen LogP contribution is -2.31. The molecule has 2 rings (SSSR count). The van der Waals surface area contributed by atoms with Gasteiger partial charge in [0.15, 0.2) is 0 Å². The topological polar surface area (TPSA) is 111 Å². The van der Waals surface area contributed by atoms with E-state index in [1.54, 1.807) is 0 Å². The van der Waals surface area contributed by atoms with Gasteiger partial charge >= 0.3 is 5.69 Å². The van der Waals surface area contributed by atoms with Crippen molar-refractivity contribution in [1.82, 2.24) is 9.55 Å². The third-order valence-electron chi connectivity index (χ3n) is 3.00. The fraction of sp³-hybridized carbons (Fsp3) is 0.455. The molecule has 1 aliphatic heterocycles. The summed E-state index contributed by atoms with van der Waals surface area (Å²) < 4.78 is 6.67. The summed E-state index contributed by atoms with van der Waals surface area (Å²) in [4.78, 5) is 15.3. The summed E-state index contributed by atoms with van der Waals surface area (Å²) in [6.45, 7) is 3.27. The molecule has 0 saturated carbocycles. The zero-order chi connectivity index (χ0) is 13.3.